The summed E-state index contributed by atoms with van der Waals surface area (Å²) in [4.78, 5) is 12.0. The van der Waals surface area contributed by atoms with Gasteiger partial charge in [-0.2, -0.15) is 5.10 Å². The number of aryl methyl sites for hydroxylation is 1. The lowest BCUT2D eigenvalue weighted by Gasteiger charge is -2.10. The summed E-state index contributed by atoms with van der Waals surface area (Å²) in [5, 5.41) is 4.53. The quantitative estimate of drug-likeness (QED) is 0.604. The molecule has 0 unspecified atom stereocenters. The lowest BCUT2D eigenvalue weighted by Crippen LogP contribution is -2.11. The zero-order chi connectivity index (χ0) is 18.1. The Morgan fingerprint density at radius 1 is 1.04 bits per heavy atom. The maximum atomic E-state index is 12.0. The number of carbonyl (C=O) groups excluding carboxylic acids is 1. The van der Waals surface area contributed by atoms with Gasteiger partial charge in [0.1, 0.15) is 17.2 Å². The molecule has 2 N–H and O–H groups in total. The molecule has 4 aromatic rings. The van der Waals surface area contributed by atoms with Crippen LogP contribution in [0.5, 0.6) is 11.5 Å². The van der Waals surface area contributed by atoms with Crippen molar-refractivity contribution in [2.75, 3.05) is 0 Å². The topological polar surface area (TPSA) is 69.6 Å². The molecular formula is C21H17N3O2. The molecule has 0 saturated heterocycles. The van der Waals surface area contributed by atoms with Crippen molar-refractivity contribution in [3.05, 3.63) is 84.1 Å². The molecule has 2 aromatic heterocycles. The van der Waals surface area contributed by atoms with Crippen LogP contribution in [0.15, 0.2) is 72.9 Å². The van der Waals surface area contributed by atoms with Gasteiger partial charge in [-0.1, -0.05) is 24.3 Å². The molecule has 26 heavy (non-hydrogen) atoms. The van der Waals surface area contributed by atoms with Gasteiger partial charge in [-0.15, -0.1) is 0 Å². The fourth-order valence-corrected chi connectivity index (χ4v) is 2.97. The van der Waals surface area contributed by atoms with Crippen molar-refractivity contribution in [1.29, 1.82) is 0 Å². The molecule has 2 aromatic carbocycles. The molecule has 0 aliphatic heterocycles. The van der Waals surface area contributed by atoms with E-state index in [-0.39, 0.29) is 0 Å². The summed E-state index contributed by atoms with van der Waals surface area (Å²) in [6.45, 7) is 1.96. The van der Waals surface area contributed by atoms with Crippen LogP contribution in [-0.2, 0) is 0 Å². The smallest absolute Gasteiger partial charge is 0.253 e. The number of benzene rings is 2. The second-order valence-electron chi connectivity index (χ2n) is 6.01. The van der Waals surface area contributed by atoms with Gasteiger partial charge in [0.05, 0.1) is 11.1 Å². The molecule has 0 aliphatic rings. The summed E-state index contributed by atoms with van der Waals surface area (Å²) in [5.41, 5.74) is 9.06. The number of carbonyl (C=O) groups is 1. The van der Waals surface area contributed by atoms with E-state index in [2.05, 4.69) is 5.10 Å². The Balaban J connectivity index is 1.77. The fraction of sp³-hybridized carbons (Fsp3) is 0.0476. The van der Waals surface area contributed by atoms with Gasteiger partial charge in [-0.05, 0) is 55.0 Å². The molecule has 1 amide bonds. The van der Waals surface area contributed by atoms with Gasteiger partial charge in [0.25, 0.3) is 5.91 Å². The van der Waals surface area contributed by atoms with Gasteiger partial charge < -0.3 is 10.5 Å². The summed E-state index contributed by atoms with van der Waals surface area (Å²) >= 11 is 0. The Morgan fingerprint density at radius 3 is 2.54 bits per heavy atom. The summed E-state index contributed by atoms with van der Waals surface area (Å²) in [6, 6.07) is 20.9. The minimum absolute atomic E-state index is 0.418. The van der Waals surface area contributed by atoms with Crippen molar-refractivity contribution < 1.29 is 9.53 Å². The van der Waals surface area contributed by atoms with Gasteiger partial charge in [0.15, 0.2) is 0 Å². The maximum absolute atomic E-state index is 12.0. The molecule has 0 bridgehead atoms. The average Bonchev–Trinajstić information content (AvgIpc) is 3.04. The molecular weight excluding hydrogens is 326 g/mol. The van der Waals surface area contributed by atoms with E-state index < -0.39 is 5.91 Å². The highest BCUT2D eigenvalue weighted by Gasteiger charge is 2.19. The average molecular weight is 343 g/mol. The summed E-state index contributed by atoms with van der Waals surface area (Å²) in [6.07, 6.45) is 1.80. The first kappa shape index (κ1) is 15.9. The zero-order valence-corrected chi connectivity index (χ0v) is 14.2. The Labute approximate surface area is 150 Å². The van der Waals surface area contributed by atoms with Crippen molar-refractivity contribution in [2.24, 2.45) is 5.73 Å². The van der Waals surface area contributed by atoms with Crippen molar-refractivity contribution in [2.45, 2.75) is 6.92 Å². The number of nitrogens with zero attached hydrogens (tertiary/aromatic N) is 2. The Morgan fingerprint density at radius 2 is 1.81 bits per heavy atom. The molecule has 0 fully saturated rings. The van der Waals surface area contributed by atoms with E-state index in [1.54, 1.807) is 10.7 Å². The Kier molecular flexibility index (Phi) is 3.89. The number of fused-ring (bicyclic) bond motifs is 1. The first-order valence-corrected chi connectivity index (χ1v) is 8.24. The SMILES string of the molecule is Cc1cc(-c2nn3ccccc3c2C(N)=O)ccc1Oc1ccccc1. The van der Waals surface area contributed by atoms with Crippen molar-refractivity contribution in [3.63, 3.8) is 0 Å². The van der Waals surface area contributed by atoms with Crippen LogP contribution >= 0.6 is 0 Å². The van der Waals surface area contributed by atoms with Crippen LogP contribution in [0, 0.1) is 6.92 Å². The molecule has 0 aliphatic carbocycles. The second-order valence-corrected chi connectivity index (χ2v) is 6.01. The molecule has 4 rings (SSSR count). The first-order chi connectivity index (χ1) is 12.6. The van der Waals surface area contributed by atoms with E-state index in [4.69, 9.17) is 10.5 Å². The minimum atomic E-state index is -0.497. The molecule has 5 nitrogen and oxygen atoms in total. The molecule has 2 heterocycles. The Bertz CT molecular complexity index is 1100. The lowest BCUT2D eigenvalue weighted by molar-refractivity contribution is 0.100. The number of primary amides is 1. The number of para-hydroxylation sites is 1. The van der Waals surface area contributed by atoms with Gasteiger partial charge in [0.2, 0.25) is 0 Å². The number of hydrogen-bond donors (Lipinski definition) is 1. The number of aromatic nitrogens is 2. The van der Waals surface area contributed by atoms with Crippen LogP contribution in [0.25, 0.3) is 16.8 Å². The van der Waals surface area contributed by atoms with E-state index >= 15 is 0 Å². The van der Waals surface area contributed by atoms with Crippen molar-refractivity contribution in [1.82, 2.24) is 9.61 Å². The summed E-state index contributed by atoms with van der Waals surface area (Å²) in [5.74, 6) is 1.03. The monoisotopic (exact) mass is 343 g/mol. The number of ether oxygens (including phenoxy) is 1. The van der Waals surface area contributed by atoms with Crippen LogP contribution in [-0.4, -0.2) is 15.5 Å². The number of nitrogens with two attached hydrogens (primary N) is 1. The van der Waals surface area contributed by atoms with E-state index in [1.807, 2.05) is 73.7 Å². The van der Waals surface area contributed by atoms with Gasteiger partial charge in [-0.25, -0.2) is 4.52 Å². The van der Waals surface area contributed by atoms with Gasteiger partial charge in [-0.3, -0.25) is 4.79 Å². The highest BCUT2D eigenvalue weighted by Crippen LogP contribution is 2.31. The van der Waals surface area contributed by atoms with E-state index in [0.717, 1.165) is 22.6 Å². The first-order valence-electron chi connectivity index (χ1n) is 8.24. The summed E-state index contributed by atoms with van der Waals surface area (Å²) < 4.78 is 7.59. The molecule has 0 spiro atoms. The highest BCUT2D eigenvalue weighted by atomic mass is 16.5. The predicted octanol–water partition coefficient (Wildman–Crippen LogP) is 4.20. The predicted molar refractivity (Wildman–Crippen MR) is 100 cm³/mol. The van der Waals surface area contributed by atoms with Crippen LogP contribution in [0.2, 0.25) is 0 Å². The number of amides is 1. The fourth-order valence-electron chi connectivity index (χ4n) is 2.97. The third-order valence-electron chi connectivity index (χ3n) is 4.21. The van der Waals surface area contributed by atoms with Crippen LogP contribution in [0.1, 0.15) is 15.9 Å². The molecule has 0 atom stereocenters. The van der Waals surface area contributed by atoms with E-state index in [9.17, 15) is 4.79 Å². The van der Waals surface area contributed by atoms with Crippen molar-refractivity contribution >= 4 is 11.4 Å². The van der Waals surface area contributed by atoms with E-state index in [0.29, 0.717) is 16.8 Å². The third kappa shape index (κ3) is 2.80. The molecule has 0 saturated carbocycles. The normalized spacial score (nSPS) is 10.8. The molecule has 128 valence electrons. The molecule has 5 heteroatoms. The number of hydrogen-bond acceptors (Lipinski definition) is 3. The molecule has 0 radical (unpaired) electrons. The largest absolute Gasteiger partial charge is 0.457 e. The van der Waals surface area contributed by atoms with Crippen LogP contribution in [0.4, 0.5) is 0 Å². The van der Waals surface area contributed by atoms with Gasteiger partial charge >= 0.3 is 0 Å². The van der Waals surface area contributed by atoms with Crippen LogP contribution in [0.3, 0.4) is 0 Å². The van der Waals surface area contributed by atoms with Crippen molar-refractivity contribution in [3.8, 4) is 22.8 Å². The van der Waals surface area contributed by atoms with E-state index in [1.165, 1.54) is 0 Å². The Hall–Kier alpha value is -3.60. The van der Waals surface area contributed by atoms with Gasteiger partial charge in [0, 0.05) is 11.8 Å². The number of rotatable bonds is 4. The maximum Gasteiger partial charge on any atom is 0.253 e. The third-order valence-corrected chi connectivity index (χ3v) is 4.21. The summed E-state index contributed by atoms with van der Waals surface area (Å²) in [7, 11) is 0. The second kappa shape index (κ2) is 6.37. The minimum Gasteiger partial charge on any atom is -0.457 e. The van der Waals surface area contributed by atoms with Crippen LogP contribution < -0.4 is 10.5 Å². The highest BCUT2D eigenvalue weighted by molar-refractivity contribution is 6.05. The number of pyridine rings is 1. The lowest BCUT2D eigenvalue weighted by atomic mass is 10.0. The standard InChI is InChI=1S/C21H17N3O2/c1-14-13-15(10-11-18(14)26-16-7-3-2-4-8-16)20-19(21(22)25)17-9-5-6-12-24(17)23-20/h2-13H,1H3,(H2,22,25). The zero-order valence-electron chi connectivity index (χ0n) is 14.2.